The molecular formula is C25H24N4O4S. The summed E-state index contributed by atoms with van der Waals surface area (Å²) in [6.07, 6.45) is 2.17. The quantitative estimate of drug-likeness (QED) is 0.474. The number of rotatable bonds is 6. The summed E-state index contributed by atoms with van der Waals surface area (Å²) in [6.45, 7) is 3.48. The summed E-state index contributed by atoms with van der Waals surface area (Å²) < 4.78 is 0. The molecular weight excluding hydrogens is 452 g/mol. The zero-order valence-corrected chi connectivity index (χ0v) is 19.6. The van der Waals surface area contributed by atoms with Crippen molar-refractivity contribution in [3.05, 3.63) is 88.6 Å². The second-order valence-electron chi connectivity index (χ2n) is 7.24. The number of hydrogen-bond donors (Lipinski definition) is 3. The predicted octanol–water partition coefficient (Wildman–Crippen LogP) is 4.71. The molecule has 1 aliphatic rings. The van der Waals surface area contributed by atoms with Gasteiger partial charge in [0.05, 0.1) is 10.5 Å². The van der Waals surface area contributed by atoms with E-state index in [0.29, 0.717) is 10.6 Å². The highest BCUT2D eigenvalue weighted by atomic mass is 32.2. The van der Waals surface area contributed by atoms with Gasteiger partial charge in [-0.25, -0.2) is 0 Å². The highest BCUT2D eigenvalue weighted by Crippen LogP contribution is 2.30. The van der Waals surface area contributed by atoms with Crippen molar-refractivity contribution in [1.29, 1.82) is 0 Å². The number of fused-ring (bicyclic) bond motifs is 1. The molecule has 4 rings (SSSR count). The van der Waals surface area contributed by atoms with Gasteiger partial charge in [-0.1, -0.05) is 43.3 Å². The minimum absolute atomic E-state index is 0.000870. The van der Waals surface area contributed by atoms with Gasteiger partial charge in [-0.05, 0) is 36.4 Å². The van der Waals surface area contributed by atoms with Crippen molar-refractivity contribution in [3.8, 4) is 0 Å². The van der Waals surface area contributed by atoms with Crippen molar-refractivity contribution in [2.24, 2.45) is 0 Å². The van der Waals surface area contributed by atoms with Crippen LogP contribution in [0.2, 0.25) is 0 Å². The number of ketones is 2. The first-order valence-corrected chi connectivity index (χ1v) is 11.6. The number of para-hydroxylation sites is 2. The summed E-state index contributed by atoms with van der Waals surface area (Å²) in [4.78, 5) is 48.1. The topological polar surface area (TPSA) is 121 Å². The van der Waals surface area contributed by atoms with Crippen molar-refractivity contribution < 1.29 is 19.2 Å². The lowest BCUT2D eigenvalue weighted by Gasteiger charge is -2.11. The van der Waals surface area contributed by atoms with Crippen LogP contribution in [0.1, 0.15) is 51.6 Å². The number of carbonyl (C=O) groups excluding carboxylic acids is 4. The van der Waals surface area contributed by atoms with Crippen LogP contribution in [0.3, 0.4) is 0 Å². The number of benzene rings is 2. The summed E-state index contributed by atoms with van der Waals surface area (Å²) in [5.74, 6) is -0.513. The van der Waals surface area contributed by atoms with E-state index in [0.717, 1.165) is 17.9 Å². The van der Waals surface area contributed by atoms with E-state index in [1.54, 1.807) is 24.3 Å². The van der Waals surface area contributed by atoms with Crippen molar-refractivity contribution in [2.75, 3.05) is 16.4 Å². The molecule has 0 spiro atoms. The molecule has 0 fully saturated rings. The number of anilines is 2. The molecule has 0 saturated heterocycles. The Morgan fingerprint density at radius 1 is 0.941 bits per heavy atom. The SMILES string of the molecule is CC(=O)Nc1ccccc1.CCCSC1=CC(=O)c2n[nH]c(C(=O)Nc3ccccc3)c2C1=O. The van der Waals surface area contributed by atoms with E-state index in [4.69, 9.17) is 0 Å². The van der Waals surface area contributed by atoms with Gasteiger partial charge in [-0.2, -0.15) is 5.10 Å². The van der Waals surface area contributed by atoms with Crippen molar-refractivity contribution in [2.45, 2.75) is 20.3 Å². The maximum absolute atomic E-state index is 12.6. The van der Waals surface area contributed by atoms with Crippen LogP contribution >= 0.6 is 11.8 Å². The number of aromatic nitrogens is 2. The average Bonchev–Trinajstić information content (AvgIpc) is 3.28. The zero-order chi connectivity index (χ0) is 24.5. The molecule has 1 aliphatic carbocycles. The molecule has 1 aromatic heterocycles. The van der Waals surface area contributed by atoms with Crippen molar-refractivity contribution in [1.82, 2.24) is 10.2 Å². The molecule has 8 nitrogen and oxygen atoms in total. The molecule has 174 valence electrons. The number of nitrogens with zero attached hydrogens (tertiary/aromatic N) is 1. The standard InChI is InChI=1S/C17H15N3O3S.C8H9NO/c1-2-8-24-12-9-11(21)14-13(16(12)22)15(20-19-14)17(23)18-10-6-4-3-5-7-10;1-7(10)9-8-5-3-2-4-6-8/h3-7,9H,2,8H2,1H3,(H,18,23)(H,19,20);2-6H,1H3,(H,9,10). The fourth-order valence-electron chi connectivity index (χ4n) is 3.04. The van der Waals surface area contributed by atoms with Gasteiger partial charge in [-0.15, -0.1) is 11.8 Å². The first kappa shape index (κ1) is 24.7. The highest BCUT2D eigenvalue weighted by molar-refractivity contribution is 8.04. The molecule has 0 radical (unpaired) electrons. The Morgan fingerprint density at radius 2 is 1.53 bits per heavy atom. The van der Waals surface area contributed by atoms with Gasteiger partial charge in [0, 0.05) is 24.4 Å². The first-order valence-electron chi connectivity index (χ1n) is 10.6. The van der Waals surface area contributed by atoms with Crippen LogP contribution in [0.25, 0.3) is 0 Å². The third kappa shape index (κ3) is 6.29. The molecule has 2 aromatic carbocycles. The fraction of sp³-hybridized carbons (Fsp3) is 0.160. The molecule has 9 heteroatoms. The van der Waals surface area contributed by atoms with Crippen LogP contribution in [0.4, 0.5) is 11.4 Å². The molecule has 34 heavy (non-hydrogen) atoms. The van der Waals surface area contributed by atoms with Crippen LogP contribution in [-0.4, -0.2) is 39.3 Å². The molecule has 3 aromatic rings. The maximum atomic E-state index is 12.6. The van der Waals surface area contributed by atoms with Gasteiger partial charge < -0.3 is 10.6 Å². The van der Waals surface area contributed by atoms with Gasteiger partial charge in [0.1, 0.15) is 11.4 Å². The minimum Gasteiger partial charge on any atom is -0.326 e. The Labute approximate surface area is 201 Å². The summed E-state index contributed by atoms with van der Waals surface area (Å²) in [7, 11) is 0. The summed E-state index contributed by atoms with van der Waals surface area (Å²) >= 11 is 1.32. The normalized spacial score (nSPS) is 12.1. The van der Waals surface area contributed by atoms with Crippen LogP contribution in [0, 0.1) is 0 Å². The van der Waals surface area contributed by atoms with Crippen LogP contribution in [0.15, 0.2) is 71.6 Å². The minimum atomic E-state index is -0.502. The number of hydrogen-bond acceptors (Lipinski definition) is 6. The average molecular weight is 477 g/mol. The smallest absolute Gasteiger partial charge is 0.274 e. The lowest BCUT2D eigenvalue weighted by molar-refractivity contribution is -0.114. The Balaban J connectivity index is 0.000000271. The van der Waals surface area contributed by atoms with E-state index in [1.807, 2.05) is 43.3 Å². The third-order valence-corrected chi connectivity index (χ3v) is 5.75. The van der Waals surface area contributed by atoms with E-state index >= 15 is 0 Å². The summed E-state index contributed by atoms with van der Waals surface area (Å²) in [5, 5.41) is 11.7. The largest absolute Gasteiger partial charge is 0.326 e. The lowest BCUT2D eigenvalue weighted by Crippen LogP contribution is -2.20. The summed E-state index contributed by atoms with van der Waals surface area (Å²) in [5.41, 5.74) is 1.50. The Hall–Kier alpha value is -3.98. The van der Waals surface area contributed by atoms with E-state index in [2.05, 4.69) is 20.8 Å². The van der Waals surface area contributed by atoms with Crippen molar-refractivity contribution in [3.63, 3.8) is 0 Å². The second-order valence-corrected chi connectivity index (χ2v) is 8.38. The van der Waals surface area contributed by atoms with Crippen LogP contribution in [-0.2, 0) is 4.79 Å². The molecule has 1 heterocycles. The fourth-order valence-corrected chi connectivity index (χ4v) is 3.89. The summed E-state index contributed by atoms with van der Waals surface area (Å²) in [6, 6.07) is 18.2. The van der Waals surface area contributed by atoms with E-state index in [-0.39, 0.29) is 34.4 Å². The number of amides is 2. The van der Waals surface area contributed by atoms with E-state index in [9.17, 15) is 19.2 Å². The highest BCUT2D eigenvalue weighted by Gasteiger charge is 2.33. The Kier molecular flexibility index (Phi) is 8.53. The molecule has 0 aliphatic heterocycles. The van der Waals surface area contributed by atoms with Gasteiger partial charge in [0.15, 0.2) is 0 Å². The number of carbonyl (C=O) groups is 4. The molecule has 0 unspecified atom stereocenters. The number of thioether (sulfide) groups is 1. The predicted molar refractivity (Wildman–Crippen MR) is 133 cm³/mol. The lowest BCUT2D eigenvalue weighted by atomic mass is 9.99. The number of Topliss-reactive ketones (excluding diaryl/α,β-unsaturated/α-hetero) is 1. The Bertz CT molecular complexity index is 1220. The van der Waals surface area contributed by atoms with Crippen molar-refractivity contribution >= 4 is 46.5 Å². The molecule has 0 bridgehead atoms. The molecule has 0 atom stereocenters. The second kappa shape index (κ2) is 11.8. The molecule has 3 N–H and O–H groups in total. The van der Waals surface area contributed by atoms with E-state index < -0.39 is 5.91 Å². The van der Waals surface area contributed by atoms with Gasteiger partial charge in [0.25, 0.3) is 5.91 Å². The van der Waals surface area contributed by atoms with Gasteiger partial charge in [-0.3, -0.25) is 24.3 Å². The molecule has 2 amide bonds. The van der Waals surface area contributed by atoms with Crippen LogP contribution < -0.4 is 10.6 Å². The maximum Gasteiger partial charge on any atom is 0.274 e. The number of nitrogens with one attached hydrogen (secondary N) is 3. The number of H-pyrrole nitrogens is 1. The monoisotopic (exact) mass is 476 g/mol. The molecule has 0 saturated carbocycles. The van der Waals surface area contributed by atoms with Crippen LogP contribution in [0.5, 0.6) is 0 Å². The Morgan fingerprint density at radius 3 is 2.09 bits per heavy atom. The van der Waals surface area contributed by atoms with Gasteiger partial charge in [0.2, 0.25) is 17.5 Å². The van der Waals surface area contributed by atoms with E-state index in [1.165, 1.54) is 24.8 Å². The third-order valence-electron chi connectivity index (χ3n) is 4.53. The first-order chi connectivity index (χ1) is 16.4. The van der Waals surface area contributed by atoms with Gasteiger partial charge >= 0.3 is 0 Å². The zero-order valence-electron chi connectivity index (χ0n) is 18.8. The number of aromatic amines is 1. The number of allylic oxidation sites excluding steroid dienone is 2.